The number of halogens is 1. The molecule has 0 N–H and O–H groups in total. The molecule has 1 unspecified atom stereocenters. The van der Waals surface area contributed by atoms with Gasteiger partial charge in [-0.15, -0.1) is 0 Å². The van der Waals surface area contributed by atoms with E-state index in [1.807, 2.05) is 13.1 Å². The van der Waals surface area contributed by atoms with Crippen molar-refractivity contribution in [1.82, 2.24) is 4.90 Å². The van der Waals surface area contributed by atoms with Crippen LogP contribution in [0.5, 0.6) is 0 Å². The highest BCUT2D eigenvalue weighted by molar-refractivity contribution is 5.34. The van der Waals surface area contributed by atoms with Crippen molar-refractivity contribution >= 4 is 0 Å². The van der Waals surface area contributed by atoms with E-state index in [9.17, 15) is 4.39 Å². The van der Waals surface area contributed by atoms with Crippen LogP contribution in [0.1, 0.15) is 38.8 Å². The highest BCUT2D eigenvalue weighted by Gasteiger charge is 2.24. The van der Waals surface area contributed by atoms with Gasteiger partial charge in [0.2, 0.25) is 0 Å². The lowest BCUT2D eigenvalue weighted by Crippen LogP contribution is -2.39. The second-order valence-corrected chi connectivity index (χ2v) is 5.85. The third-order valence-corrected chi connectivity index (χ3v) is 3.53. The zero-order chi connectivity index (χ0) is 13.9. The molecule has 18 heavy (non-hydrogen) atoms. The van der Waals surface area contributed by atoms with Gasteiger partial charge in [0, 0.05) is 18.2 Å². The summed E-state index contributed by atoms with van der Waals surface area (Å²) in [5, 5.41) is 8.81. The van der Waals surface area contributed by atoms with Crippen LogP contribution < -0.4 is 0 Å². The molecule has 3 heteroatoms. The van der Waals surface area contributed by atoms with Crippen LogP contribution in [0, 0.1) is 22.6 Å². The Morgan fingerprint density at radius 2 is 2.00 bits per heavy atom. The molecular weight excluding hydrogens is 227 g/mol. The Morgan fingerprint density at radius 1 is 1.39 bits per heavy atom. The van der Waals surface area contributed by atoms with Gasteiger partial charge in [0.15, 0.2) is 0 Å². The van der Waals surface area contributed by atoms with Crippen LogP contribution in [0.25, 0.3) is 0 Å². The molecule has 0 heterocycles. The maximum atomic E-state index is 13.9. The van der Waals surface area contributed by atoms with Crippen molar-refractivity contribution in [3.8, 4) is 6.07 Å². The van der Waals surface area contributed by atoms with E-state index in [1.54, 1.807) is 12.1 Å². The van der Waals surface area contributed by atoms with Gasteiger partial charge in [-0.3, -0.25) is 4.90 Å². The predicted octanol–water partition coefficient (Wildman–Crippen LogP) is 3.56. The molecule has 0 amide bonds. The fourth-order valence-electron chi connectivity index (χ4n) is 1.86. The Morgan fingerprint density at radius 3 is 2.50 bits per heavy atom. The minimum Gasteiger partial charge on any atom is -0.299 e. The SMILES string of the molecule is CC(N(C)Cc1cccc(C#N)c1F)C(C)(C)C. The standard InChI is InChI=1S/C15H21FN2/c1-11(15(2,3)4)18(5)10-13-8-6-7-12(9-17)14(13)16/h6-8,11H,10H2,1-5H3. The van der Waals surface area contributed by atoms with Crippen LogP contribution in [0.2, 0.25) is 0 Å². The molecule has 0 fully saturated rings. The molecular formula is C15H21FN2. The lowest BCUT2D eigenvalue weighted by molar-refractivity contribution is 0.133. The molecule has 0 bridgehead atoms. The van der Waals surface area contributed by atoms with E-state index in [-0.39, 0.29) is 11.0 Å². The van der Waals surface area contributed by atoms with Crippen molar-refractivity contribution in [2.75, 3.05) is 7.05 Å². The molecule has 0 aliphatic rings. The second kappa shape index (κ2) is 5.49. The van der Waals surface area contributed by atoms with Crippen molar-refractivity contribution in [1.29, 1.82) is 5.26 Å². The van der Waals surface area contributed by atoms with Crippen LogP contribution in [0.4, 0.5) is 4.39 Å². The Hall–Kier alpha value is -1.40. The molecule has 0 saturated heterocycles. The summed E-state index contributed by atoms with van der Waals surface area (Å²) in [4.78, 5) is 2.11. The smallest absolute Gasteiger partial charge is 0.145 e. The van der Waals surface area contributed by atoms with Crippen LogP contribution in [0.3, 0.4) is 0 Å². The van der Waals surface area contributed by atoms with Gasteiger partial charge in [-0.05, 0) is 25.5 Å². The number of nitrogens with zero attached hydrogens (tertiary/aromatic N) is 2. The molecule has 0 radical (unpaired) electrons. The minimum atomic E-state index is -0.395. The lowest BCUT2D eigenvalue weighted by atomic mass is 9.87. The lowest BCUT2D eigenvalue weighted by Gasteiger charge is -2.35. The molecule has 1 rings (SSSR count). The first-order valence-corrected chi connectivity index (χ1v) is 6.15. The summed E-state index contributed by atoms with van der Waals surface area (Å²) in [6.07, 6.45) is 0. The zero-order valence-electron chi connectivity index (χ0n) is 11.8. The Bertz CT molecular complexity index is 455. The van der Waals surface area contributed by atoms with Crippen molar-refractivity contribution in [3.63, 3.8) is 0 Å². The molecule has 0 aromatic heterocycles. The fraction of sp³-hybridized carbons (Fsp3) is 0.533. The van der Waals surface area contributed by atoms with E-state index < -0.39 is 5.82 Å². The van der Waals surface area contributed by atoms with Gasteiger partial charge in [-0.1, -0.05) is 32.9 Å². The first-order chi connectivity index (χ1) is 8.27. The average molecular weight is 248 g/mol. The average Bonchev–Trinajstić information content (AvgIpc) is 2.29. The Balaban J connectivity index is 2.90. The highest BCUT2D eigenvalue weighted by Crippen LogP contribution is 2.25. The third-order valence-electron chi connectivity index (χ3n) is 3.53. The second-order valence-electron chi connectivity index (χ2n) is 5.85. The first kappa shape index (κ1) is 14.7. The van der Waals surface area contributed by atoms with Crippen molar-refractivity contribution in [2.24, 2.45) is 5.41 Å². The Labute approximate surface area is 109 Å². The van der Waals surface area contributed by atoms with Crippen molar-refractivity contribution < 1.29 is 4.39 Å². The predicted molar refractivity (Wildman–Crippen MR) is 71.5 cm³/mol. The van der Waals surface area contributed by atoms with E-state index in [1.165, 1.54) is 6.07 Å². The van der Waals surface area contributed by atoms with E-state index in [0.29, 0.717) is 18.2 Å². The van der Waals surface area contributed by atoms with Crippen molar-refractivity contribution in [2.45, 2.75) is 40.3 Å². The van der Waals surface area contributed by atoms with Gasteiger partial charge >= 0.3 is 0 Å². The van der Waals surface area contributed by atoms with Gasteiger partial charge in [-0.25, -0.2) is 4.39 Å². The summed E-state index contributed by atoms with van der Waals surface area (Å²) in [5.41, 5.74) is 0.829. The molecule has 1 aromatic rings. The van der Waals surface area contributed by atoms with E-state index in [4.69, 9.17) is 5.26 Å². The molecule has 98 valence electrons. The van der Waals surface area contributed by atoms with Crippen LogP contribution in [0.15, 0.2) is 18.2 Å². The van der Waals surface area contributed by atoms with Gasteiger partial charge in [0.25, 0.3) is 0 Å². The van der Waals surface area contributed by atoms with E-state index >= 15 is 0 Å². The summed E-state index contributed by atoms with van der Waals surface area (Å²) in [7, 11) is 1.98. The molecule has 0 spiro atoms. The summed E-state index contributed by atoms with van der Waals surface area (Å²) in [6, 6.07) is 7.17. The maximum absolute atomic E-state index is 13.9. The van der Waals surface area contributed by atoms with Crippen LogP contribution >= 0.6 is 0 Å². The zero-order valence-corrected chi connectivity index (χ0v) is 11.8. The van der Waals surface area contributed by atoms with Gasteiger partial charge in [-0.2, -0.15) is 5.26 Å². The molecule has 1 aromatic carbocycles. The molecule has 2 nitrogen and oxygen atoms in total. The number of hydrogen-bond donors (Lipinski definition) is 0. The normalized spacial score (nSPS) is 13.4. The third kappa shape index (κ3) is 3.30. The van der Waals surface area contributed by atoms with Crippen LogP contribution in [-0.4, -0.2) is 18.0 Å². The molecule has 0 aliphatic carbocycles. The summed E-state index contributed by atoms with van der Waals surface area (Å²) < 4.78 is 13.9. The van der Waals surface area contributed by atoms with Gasteiger partial charge < -0.3 is 0 Å². The minimum absolute atomic E-state index is 0.115. The Kier molecular flexibility index (Phi) is 4.48. The number of hydrogen-bond acceptors (Lipinski definition) is 2. The summed E-state index contributed by atoms with van der Waals surface area (Å²) >= 11 is 0. The number of nitriles is 1. The monoisotopic (exact) mass is 248 g/mol. The molecule has 0 aliphatic heterocycles. The quantitative estimate of drug-likeness (QED) is 0.817. The fourth-order valence-corrected chi connectivity index (χ4v) is 1.86. The largest absolute Gasteiger partial charge is 0.299 e. The number of benzene rings is 1. The van der Waals surface area contributed by atoms with Crippen LogP contribution in [-0.2, 0) is 6.54 Å². The van der Waals surface area contributed by atoms with Crippen molar-refractivity contribution in [3.05, 3.63) is 35.1 Å². The van der Waals surface area contributed by atoms with Gasteiger partial charge in [0.05, 0.1) is 5.56 Å². The topological polar surface area (TPSA) is 27.0 Å². The van der Waals surface area contributed by atoms with E-state index in [0.717, 1.165) is 0 Å². The summed E-state index contributed by atoms with van der Waals surface area (Å²) in [6.45, 7) is 9.13. The number of rotatable bonds is 3. The van der Waals surface area contributed by atoms with Gasteiger partial charge in [0.1, 0.15) is 11.9 Å². The molecule has 1 atom stereocenters. The first-order valence-electron chi connectivity index (χ1n) is 6.15. The van der Waals surface area contributed by atoms with E-state index in [2.05, 4.69) is 32.6 Å². The molecule has 0 saturated carbocycles. The maximum Gasteiger partial charge on any atom is 0.145 e. The highest BCUT2D eigenvalue weighted by atomic mass is 19.1. The summed E-state index contributed by atoms with van der Waals surface area (Å²) in [5.74, 6) is -0.395.